The molecule has 3 rings (SSSR count). The van der Waals surface area contributed by atoms with Crippen LogP contribution in [0.5, 0.6) is 5.75 Å². The summed E-state index contributed by atoms with van der Waals surface area (Å²) in [6.07, 6.45) is 4.33. The van der Waals surface area contributed by atoms with Gasteiger partial charge in [0.2, 0.25) is 15.9 Å². The first kappa shape index (κ1) is 23.9. The van der Waals surface area contributed by atoms with Crippen LogP contribution in [0, 0.1) is 12.8 Å². The van der Waals surface area contributed by atoms with Crippen molar-refractivity contribution in [2.24, 2.45) is 5.92 Å². The summed E-state index contributed by atoms with van der Waals surface area (Å²) in [5.74, 6) is -0.285. The molecule has 172 valence electrons. The van der Waals surface area contributed by atoms with Crippen molar-refractivity contribution in [1.29, 1.82) is 0 Å². The number of alkyl halides is 2. The molecule has 0 aromatic heterocycles. The third kappa shape index (κ3) is 6.61. The fourth-order valence-corrected chi connectivity index (χ4v) is 4.66. The van der Waals surface area contributed by atoms with Crippen molar-refractivity contribution >= 4 is 22.0 Å². The molecular formula is C23H26F2N2O4S. The van der Waals surface area contributed by atoms with Crippen LogP contribution in [0.3, 0.4) is 0 Å². The van der Waals surface area contributed by atoms with Crippen molar-refractivity contribution in [3.8, 4) is 5.75 Å². The number of carbonyl (C=O) groups is 1. The highest BCUT2D eigenvalue weighted by atomic mass is 32.2. The Morgan fingerprint density at radius 2 is 1.94 bits per heavy atom. The smallest absolute Gasteiger partial charge is 0.387 e. The summed E-state index contributed by atoms with van der Waals surface area (Å²) >= 11 is 0. The van der Waals surface area contributed by atoms with Gasteiger partial charge in [-0.3, -0.25) is 4.79 Å². The Balaban J connectivity index is 1.58. The first-order valence-electron chi connectivity index (χ1n) is 10.3. The average Bonchev–Trinajstić information content (AvgIpc) is 2.77. The molecule has 1 heterocycles. The molecule has 1 atom stereocenters. The van der Waals surface area contributed by atoms with Gasteiger partial charge in [-0.1, -0.05) is 35.9 Å². The van der Waals surface area contributed by atoms with Crippen molar-refractivity contribution in [3.63, 3.8) is 0 Å². The molecule has 1 aliphatic heterocycles. The summed E-state index contributed by atoms with van der Waals surface area (Å²) < 4.78 is 57.2. The van der Waals surface area contributed by atoms with Gasteiger partial charge in [-0.05, 0) is 50.0 Å². The average molecular weight is 465 g/mol. The number of ether oxygens (including phenoxy) is 1. The molecule has 6 nitrogen and oxygen atoms in total. The lowest BCUT2D eigenvalue weighted by atomic mass is 9.98. The van der Waals surface area contributed by atoms with E-state index >= 15 is 0 Å². The molecule has 0 aliphatic carbocycles. The van der Waals surface area contributed by atoms with E-state index in [-0.39, 0.29) is 29.0 Å². The van der Waals surface area contributed by atoms with E-state index in [1.165, 1.54) is 18.2 Å². The SMILES string of the molecule is Cc1ccc(S(=O)(=O)NCC2CCCN(C(=O)/C=C/c3ccccc3OC(F)F)C2)cc1. The standard InChI is InChI=1S/C23H26F2N2O4S/c1-17-8-11-20(12-9-17)32(29,30)26-15-18-5-4-14-27(16-18)22(28)13-10-19-6-2-3-7-21(19)31-23(24)25/h2-3,6-13,18,23,26H,4-5,14-16H2,1H3/b13-10+. The zero-order valence-electron chi connectivity index (χ0n) is 17.7. The number of carbonyl (C=O) groups excluding carboxylic acids is 1. The minimum Gasteiger partial charge on any atom is -0.434 e. The molecule has 2 aromatic rings. The number of hydrogen-bond acceptors (Lipinski definition) is 4. The second-order valence-electron chi connectivity index (χ2n) is 7.71. The van der Waals surface area contributed by atoms with Gasteiger partial charge in [0, 0.05) is 31.3 Å². The largest absolute Gasteiger partial charge is 0.434 e. The zero-order valence-corrected chi connectivity index (χ0v) is 18.5. The molecule has 1 saturated heterocycles. The van der Waals surface area contributed by atoms with Gasteiger partial charge in [0.25, 0.3) is 0 Å². The van der Waals surface area contributed by atoms with Crippen molar-refractivity contribution in [2.45, 2.75) is 31.3 Å². The van der Waals surface area contributed by atoms with Crippen molar-refractivity contribution in [3.05, 3.63) is 65.7 Å². The summed E-state index contributed by atoms with van der Waals surface area (Å²) in [7, 11) is -3.62. The van der Waals surface area contributed by atoms with E-state index in [2.05, 4.69) is 9.46 Å². The van der Waals surface area contributed by atoms with Crippen LogP contribution in [0.25, 0.3) is 6.08 Å². The van der Waals surface area contributed by atoms with E-state index < -0.39 is 16.6 Å². The molecule has 1 amide bonds. The first-order chi connectivity index (χ1) is 15.2. The Kier molecular flexibility index (Phi) is 7.98. The number of hydrogen-bond donors (Lipinski definition) is 1. The van der Waals surface area contributed by atoms with Gasteiger partial charge in [-0.25, -0.2) is 13.1 Å². The molecule has 1 aliphatic rings. The Bertz CT molecular complexity index is 1060. The lowest BCUT2D eigenvalue weighted by Gasteiger charge is -2.32. The number of piperidine rings is 1. The molecule has 1 fully saturated rings. The molecule has 1 N–H and O–H groups in total. The summed E-state index contributed by atoms with van der Waals surface area (Å²) in [6, 6.07) is 12.8. The summed E-state index contributed by atoms with van der Waals surface area (Å²) in [5, 5.41) is 0. The predicted octanol–water partition coefficient (Wildman–Crippen LogP) is 3.83. The minimum atomic E-state index is -3.62. The van der Waals surface area contributed by atoms with Crippen LogP contribution < -0.4 is 9.46 Å². The summed E-state index contributed by atoms with van der Waals surface area (Å²) in [6.45, 7) is 0.131. The Morgan fingerprint density at radius 3 is 2.66 bits per heavy atom. The van der Waals surface area contributed by atoms with Crippen LogP contribution in [-0.2, 0) is 14.8 Å². The Morgan fingerprint density at radius 1 is 1.22 bits per heavy atom. The molecule has 0 saturated carbocycles. The molecule has 2 aromatic carbocycles. The summed E-state index contributed by atoms with van der Waals surface area (Å²) in [5.41, 5.74) is 1.35. The minimum absolute atomic E-state index is 0.00594. The Labute approximate surface area is 186 Å². The van der Waals surface area contributed by atoms with Crippen LogP contribution in [0.1, 0.15) is 24.0 Å². The number of nitrogens with zero attached hydrogens (tertiary/aromatic N) is 1. The number of aryl methyl sites for hydroxylation is 1. The van der Waals surface area contributed by atoms with Gasteiger partial charge >= 0.3 is 6.61 Å². The molecule has 0 radical (unpaired) electrons. The topological polar surface area (TPSA) is 75.7 Å². The van der Waals surface area contributed by atoms with Crippen LogP contribution in [-0.4, -0.2) is 45.5 Å². The number of nitrogens with one attached hydrogen (secondary N) is 1. The van der Waals surface area contributed by atoms with E-state index in [0.29, 0.717) is 18.7 Å². The van der Waals surface area contributed by atoms with Gasteiger partial charge < -0.3 is 9.64 Å². The molecular weight excluding hydrogens is 438 g/mol. The third-order valence-corrected chi connectivity index (χ3v) is 6.70. The number of amides is 1. The van der Waals surface area contributed by atoms with Crippen LogP contribution >= 0.6 is 0 Å². The molecule has 9 heteroatoms. The number of halogens is 2. The normalized spacial score (nSPS) is 17.1. The third-order valence-electron chi connectivity index (χ3n) is 5.26. The van der Waals surface area contributed by atoms with Crippen molar-refractivity contribution < 1.29 is 26.7 Å². The number of benzene rings is 2. The van der Waals surface area contributed by atoms with Crippen LogP contribution in [0.15, 0.2) is 59.5 Å². The van der Waals surface area contributed by atoms with Crippen molar-refractivity contribution in [2.75, 3.05) is 19.6 Å². The molecule has 0 bridgehead atoms. The molecule has 1 unspecified atom stereocenters. The van der Waals surface area contributed by atoms with Gasteiger partial charge in [0.05, 0.1) is 4.90 Å². The van der Waals surface area contributed by atoms with Crippen LogP contribution in [0.4, 0.5) is 8.78 Å². The number of rotatable bonds is 8. The monoisotopic (exact) mass is 464 g/mol. The fourth-order valence-electron chi connectivity index (χ4n) is 3.55. The van der Waals surface area contributed by atoms with Crippen molar-refractivity contribution in [1.82, 2.24) is 9.62 Å². The van der Waals surface area contributed by atoms with E-state index in [4.69, 9.17) is 0 Å². The van der Waals surface area contributed by atoms with Gasteiger partial charge in [0.15, 0.2) is 0 Å². The van der Waals surface area contributed by atoms with E-state index in [9.17, 15) is 22.0 Å². The zero-order chi connectivity index (χ0) is 23.1. The highest BCUT2D eigenvalue weighted by Crippen LogP contribution is 2.22. The Hall–Kier alpha value is -2.78. The highest BCUT2D eigenvalue weighted by Gasteiger charge is 2.24. The fraction of sp³-hybridized carbons (Fsp3) is 0.348. The maximum atomic E-state index is 12.6. The van der Waals surface area contributed by atoms with E-state index in [0.717, 1.165) is 18.4 Å². The van der Waals surface area contributed by atoms with E-state index in [1.807, 2.05) is 6.92 Å². The van der Waals surface area contributed by atoms with Gasteiger partial charge in [-0.15, -0.1) is 0 Å². The second kappa shape index (κ2) is 10.7. The number of para-hydroxylation sites is 1. The highest BCUT2D eigenvalue weighted by molar-refractivity contribution is 7.89. The molecule has 0 spiro atoms. The molecule has 32 heavy (non-hydrogen) atoms. The predicted molar refractivity (Wildman–Crippen MR) is 118 cm³/mol. The van der Waals surface area contributed by atoms with Gasteiger partial charge in [0.1, 0.15) is 5.75 Å². The number of likely N-dealkylation sites (tertiary alicyclic amines) is 1. The lowest BCUT2D eigenvalue weighted by molar-refractivity contribution is -0.127. The number of sulfonamides is 1. The van der Waals surface area contributed by atoms with E-state index in [1.54, 1.807) is 47.4 Å². The first-order valence-corrected chi connectivity index (χ1v) is 11.8. The van der Waals surface area contributed by atoms with Gasteiger partial charge in [-0.2, -0.15) is 8.78 Å². The van der Waals surface area contributed by atoms with Crippen LogP contribution in [0.2, 0.25) is 0 Å². The quantitative estimate of drug-likeness (QED) is 0.603. The lowest BCUT2D eigenvalue weighted by Crippen LogP contribution is -2.43. The maximum absolute atomic E-state index is 12.6. The maximum Gasteiger partial charge on any atom is 0.387 e. The summed E-state index contributed by atoms with van der Waals surface area (Å²) in [4.78, 5) is 14.5. The second-order valence-corrected chi connectivity index (χ2v) is 9.47.